The van der Waals surface area contributed by atoms with Crippen molar-refractivity contribution in [3.8, 4) is 0 Å². The van der Waals surface area contributed by atoms with Gasteiger partial charge in [0.25, 0.3) is 0 Å². The lowest BCUT2D eigenvalue weighted by Gasteiger charge is -2.22. The van der Waals surface area contributed by atoms with Crippen molar-refractivity contribution >= 4 is 32.9 Å². The Hall–Kier alpha value is -2.28. The van der Waals surface area contributed by atoms with Crippen molar-refractivity contribution in [2.45, 2.75) is 19.4 Å². The Kier molecular flexibility index (Phi) is 5.98. The van der Waals surface area contributed by atoms with Crippen LogP contribution in [0.25, 0.3) is 11.0 Å². The second-order valence-corrected chi connectivity index (χ2v) is 7.31. The van der Waals surface area contributed by atoms with E-state index >= 15 is 0 Å². The Bertz CT molecular complexity index is 861. The monoisotopic (exact) mass is 416 g/mol. The normalized spacial score (nSPS) is 11.9. The van der Waals surface area contributed by atoms with Crippen LogP contribution in [0.15, 0.2) is 46.0 Å². The number of rotatable bonds is 6. The third-order valence-corrected chi connectivity index (χ3v) is 4.79. The van der Waals surface area contributed by atoms with Gasteiger partial charge in [0.2, 0.25) is 0 Å². The zero-order valence-electron chi connectivity index (χ0n) is 15.5. The van der Waals surface area contributed by atoms with Crippen molar-refractivity contribution in [2.75, 3.05) is 20.6 Å². The number of guanidine groups is 1. The van der Waals surface area contributed by atoms with Crippen LogP contribution in [0.5, 0.6) is 0 Å². The van der Waals surface area contributed by atoms with Crippen LogP contribution in [0.2, 0.25) is 0 Å². The Morgan fingerprint density at radius 1 is 1.38 bits per heavy atom. The highest BCUT2D eigenvalue weighted by Crippen LogP contribution is 2.15. The van der Waals surface area contributed by atoms with E-state index in [0.717, 1.165) is 53.2 Å². The zero-order chi connectivity index (χ0) is 18.5. The van der Waals surface area contributed by atoms with E-state index in [1.165, 1.54) is 5.69 Å². The molecule has 0 saturated heterocycles. The van der Waals surface area contributed by atoms with Crippen LogP contribution in [0, 0.1) is 0 Å². The third-order valence-electron chi connectivity index (χ3n) is 4.36. The minimum absolute atomic E-state index is 0.797. The molecule has 2 N–H and O–H groups in total. The number of aromatic nitrogens is 3. The summed E-state index contributed by atoms with van der Waals surface area (Å²) in [6.45, 7) is 1.65. The smallest absolute Gasteiger partial charge is 0.193 e. The highest BCUT2D eigenvalue weighted by Gasteiger charge is 2.09. The van der Waals surface area contributed by atoms with E-state index in [4.69, 9.17) is 0 Å². The lowest BCUT2D eigenvalue weighted by Crippen LogP contribution is -2.39. The molecule has 2 aromatic heterocycles. The lowest BCUT2D eigenvalue weighted by molar-refractivity contribution is 0.461. The molecule has 3 rings (SSSR count). The van der Waals surface area contributed by atoms with Crippen LogP contribution in [-0.4, -0.2) is 46.0 Å². The maximum absolute atomic E-state index is 4.62. The zero-order valence-corrected chi connectivity index (χ0v) is 17.0. The number of nitrogens with one attached hydrogen (secondary N) is 2. The molecule has 7 heteroatoms. The maximum Gasteiger partial charge on any atom is 0.193 e. The van der Waals surface area contributed by atoms with Crippen molar-refractivity contribution in [3.63, 3.8) is 0 Å². The second kappa shape index (κ2) is 8.40. The Morgan fingerprint density at radius 2 is 2.19 bits per heavy atom. The fourth-order valence-corrected chi connectivity index (χ4v) is 3.58. The predicted molar refractivity (Wildman–Crippen MR) is 110 cm³/mol. The Balaban J connectivity index is 1.48. The van der Waals surface area contributed by atoms with Gasteiger partial charge in [0.05, 0.1) is 17.6 Å². The molecule has 138 valence electrons. The van der Waals surface area contributed by atoms with Gasteiger partial charge in [0.15, 0.2) is 5.96 Å². The van der Waals surface area contributed by atoms with Gasteiger partial charge in [-0.05, 0) is 40.5 Å². The summed E-state index contributed by atoms with van der Waals surface area (Å²) < 4.78 is 3.22. The number of hydrogen-bond donors (Lipinski definition) is 2. The molecule has 0 atom stereocenters. The van der Waals surface area contributed by atoms with Crippen molar-refractivity contribution < 1.29 is 0 Å². The first-order chi connectivity index (χ1) is 12.6. The average Bonchev–Trinajstić information content (AvgIpc) is 3.17. The van der Waals surface area contributed by atoms with Crippen molar-refractivity contribution in [1.82, 2.24) is 24.8 Å². The second-order valence-electron chi connectivity index (χ2n) is 6.39. The summed E-state index contributed by atoms with van der Waals surface area (Å²) in [5.74, 6) is 1.93. The predicted octanol–water partition coefficient (Wildman–Crippen LogP) is 3.30. The minimum atomic E-state index is 0.797. The molecule has 2 heterocycles. The molecule has 0 spiro atoms. The van der Waals surface area contributed by atoms with Gasteiger partial charge in [0.1, 0.15) is 5.82 Å². The highest BCUT2D eigenvalue weighted by molar-refractivity contribution is 9.10. The molecule has 0 unspecified atom stereocenters. The van der Waals surface area contributed by atoms with E-state index in [0.29, 0.717) is 0 Å². The average molecular weight is 417 g/mol. The summed E-state index contributed by atoms with van der Waals surface area (Å²) in [6.07, 6.45) is 3.96. The number of nitrogens with zero attached hydrogens (tertiary/aromatic N) is 4. The van der Waals surface area contributed by atoms with E-state index in [-0.39, 0.29) is 0 Å². The molecule has 26 heavy (non-hydrogen) atoms. The summed E-state index contributed by atoms with van der Waals surface area (Å²) in [5.41, 5.74) is 3.35. The molecular formula is C19H25BrN6. The quantitative estimate of drug-likeness (QED) is 0.368. The third kappa shape index (κ3) is 4.46. The van der Waals surface area contributed by atoms with E-state index in [9.17, 15) is 0 Å². The standard InChI is InChI=1S/C19H25BrN6/c1-21-19(26(3)13-15-11-14(20)12-25(15)2)22-10-6-9-18-23-16-7-4-5-8-17(16)24-18/h4-5,7-8,11-12H,6,9-10,13H2,1-3H3,(H,21,22)(H,23,24). The number of benzene rings is 1. The first-order valence-electron chi connectivity index (χ1n) is 8.73. The van der Waals surface area contributed by atoms with E-state index in [1.807, 2.05) is 25.2 Å². The fourth-order valence-electron chi connectivity index (χ4n) is 3.01. The molecule has 0 fully saturated rings. The number of halogens is 1. The first kappa shape index (κ1) is 18.5. The van der Waals surface area contributed by atoms with Crippen molar-refractivity contribution in [2.24, 2.45) is 12.0 Å². The SMILES string of the molecule is CN=C(NCCCc1nc2ccccc2[nH]1)N(C)Cc1cc(Br)cn1C. The number of aliphatic imine (C=N–C) groups is 1. The summed E-state index contributed by atoms with van der Waals surface area (Å²) in [4.78, 5) is 14.5. The Morgan fingerprint density at radius 3 is 2.88 bits per heavy atom. The molecule has 6 nitrogen and oxygen atoms in total. The van der Waals surface area contributed by atoms with Crippen LogP contribution in [0.4, 0.5) is 0 Å². The van der Waals surface area contributed by atoms with Crippen LogP contribution >= 0.6 is 15.9 Å². The Labute approximate surface area is 162 Å². The molecule has 0 aliphatic rings. The summed E-state index contributed by atoms with van der Waals surface area (Å²) in [5, 5.41) is 3.43. The van der Waals surface area contributed by atoms with Gasteiger partial charge in [-0.2, -0.15) is 0 Å². The van der Waals surface area contributed by atoms with Gasteiger partial charge >= 0.3 is 0 Å². The van der Waals surface area contributed by atoms with Crippen molar-refractivity contribution in [1.29, 1.82) is 0 Å². The minimum Gasteiger partial charge on any atom is -0.356 e. The molecule has 0 bridgehead atoms. The van der Waals surface area contributed by atoms with Gasteiger partial charge in [-0.15, -0.1) is 0 Å². The summed E-state index contributed by atoms with van der Waals surface area (Å²) in [6, 6.07) is 10.3. The van der Waals surface area contributed by atoms with Crippen LogP contribution in [0.1, 0.15) is 17.9 Å². The molecular weight excluding hydrogens is 392 g/mol. The van der Waals surface area contributed by atoms with E-state index in [2.05, 4.69) is 78.1 Å². The molecule has 0 aliphatic carbocycles. The van der Waals surface area contributed by atoms with Gasteiger partial charge in [0, 0.05) is 50.5 Å². The molecule has 0 amide bonds. The van der Waals surface area contributed by atoms with Gasteiger partial charge < -0.3 is 19.8 Å². The van der Waals surface area contributed by atoms with Gasteiger partial charge in [-0.1, -0.05) is 12.1 Å². The number of H-pyrrole nitrogens is 1. The molecule has 3 aromatic rings. The molecule has 0 saturated carbocycles. The van der Waals surface area contributed by atoms with Crippen LogP contribution in [-0.2, 0) is 20.0 Å². The topological polar surface area (TPSA) is 61.2 Å². The number of imidazole rings is 1. The number of aryl methyl sites for hydroxylation is 2. The number of para-hydroxylation sites is 2. The van der Waals surface area contributed by atoms with E-state index < -0.39 is 0 Å². The summed E-state index contributed by atoms with van der Waals surface area (Å²) in [7, 11) is 5.92. The van der Waals surface area contributed by atoms with Gasteiger partial charge in [-0.25, -0.2) is 4.98 Å². The van der Waals surface area contributed by atoms with Crippen LogP contribution < -0.4 is 5.32 Å². The fraction of sp³-hybridized carbons (Fsp3) is 0.368. The lowest BCUT2D eigenvalue weighted by atomic mass is 10.3. The highest BCUT2D eigenvalue weighted by atomic mass is 79.9. The molecule has 0 radical (unpaired) electrons. The van der Waals surface area contributed by atoms with E-state index in [1.54, 1.807) is 0 Å². The number of aromatic amines is 1. The first-order valence-corrected chi connectivity index (χ1v) is 9.52. The number of hydrogen-bond acceptors (Lipinski definition) is 2. The summed E-state index contributed by atoms with van der Waals surface area (Å²) >= 11 is 3.52. The molecule has 1 aromatic carbocycles. The number of fused-ring (bicyclic) bond motifs is 1. The van der Waals surface area contributed by atoms with Crippen molar-refractivity contribution in [3.05, 3.63) is 52.5 Å². The van der Waals surface area contributed by atoms with Crippen LogP contribution in [0.3, 0.4) is 0 Å². The van der Waals surface area contributed by atoms with Gasteiger partial charge in [-0.3, -0.25) is 4.99 Å². The maximum atomic E-state index is 4.62. The molecule has 0 aliphatic heterocycles. The largest absolute Gasteiger partial charge is 0.356 e.